The maximum atomic E-state index is 12.3. The Morgan fingerprint density at radius 2 is 1.81 bits per heavy atom. The van der Waals surface area contributed by atoms with Gasteiger partial charge in [-0.05, 0) is 24.3 Å². The van der Waals surface area contributed by atoms with Gasteiger partial charge in [-0.2, -0.15) is 0 Å². The minimum atomic E-state index is -0.922. The molecular formula is C16H17NO4. The lowest BCUT2D eigenvalue weighted by molar-refractivity contribution is -0.136. The first-order chi connectivity index (χ1) is 10.2. The number of furan rings is 1. The molecule has 0 atom stereocenters. The van der Waals surface area contributed by atoms with Crippen molar-refractivity contribution in [3.8, 4) is 0 Å². The maximum Gasteiger partial charge on any atom is 0.305 e. The molecular weight excluding hydrogens is 270 g/mol. The molecule has 5 nitrogen and oxygen atoms in total. The zero-order valence-electron chi connectivity index (χ0n) is 11.6. The lowest BCUT2D eigenvalue weighted by Crippen LogP contribution is -2.33. The number of amides is 1. The lowest BCUT2D eigenvalue weighted by Gasteiger charge is -2.22. The summed E-state index contributed by atoms with van der Waals surface area (Å²) in [5.74, 6) is -0.289. The molecule has 1 N–H and O–H groups in total. The van der Waals surface area contributed by atoms with Crippen molar-refractivity contribution in [3.63, 3.8) is 0 Å². The minimum Gasteiger partial charge on any atom is -0.481 e. The summed E-state index contributed by atoms with van der Waals surface area (Å²) < 4.78 is 5.20. The van der Waals surface area contributed by atoms with E-state index in [4.69, 9.17) is 9.52 Å². The number of carbonyl (C=O) groups excluding carboxylic acids is 1. The number of benzene rings is 1. The van der Waals surface area contributed by atoms with Crippen LogP contribution < -0.4 is 4.90 Å². The number of aliphatic carboxylic acids is 1. The Hall–Kier alpha value is -2.56. The van der Waals surface area contributed by atoms with Crippen LogP contribution in [-0.4, -0.2) is 23.5 Å². The molecule has 5 heteroatoms. The van der Waals surface area contributed by atoms with Crippen molar-refractivity contribution in [2.75, 3.05) is 11.4 Å². The van der Waals surface area contributed by atoms with Crippen LogP contribution in [0.3, 0.4) is 0 Å². The van der Waals surface area contributed by atoms with E-state index in [1.807, 2.05) is 24.3 Å². The average Bonchev–Trinajstić information content (AvgIpc) is 2.99. The van der Waals surface area contributed by atoms with E-state index in [0.29, 0.717) is 12.1 Å². The zero-order valence-corrected chi connectivity index (χ0v) is 11.6. The third-order valence-electron chi connectivity index (χ3n) is 3.08. The van der Waals surface area contributed by atoms with Crippen LogP contribution in [0.2, 0.25) is 0 Å². The second-order valence-electron chi connectivity index (χ2n) is 4.60. The molecule has 1 aromatic heterocycles. The van der Waals surface area contributed by atoms with Gasteiger partial charge in [-0.1, -0.05) is 18.2 Å². The van der Waals surface area contributed by atoms with Crippen LogP contribution in [0.15, 0.2) is 53.1 Å². The quantitative estimate of drug-likeness (QED) is 0.850. The molecule has 2 rings (SSSR count). The lowest BCUT2D eigenvalue weighted by atomic mass is 10.2. The van der Waals surface area contributed by atoms with Gasteiger partial charge in [-0.3, -0.25) is 9.59 Å². The SMILES string of the molecule is O=C(O)CCN(C(=O)CCc1ccco1)c1ccccc1. The first-order valence-corrected chi connectivity index (χ1v) is 6.76. The van der Waals surface area contributed by atoms with Crippen LogP contribution in [0.1, 0.15) is 18.6 Å². The van der Waals surface area contributed by atoms with E-state index in [2.05, 4.69) is 0 Å². The van der Waals surface area contributed by atoms with Gasteiger partial charge < -0.3 is 14.4 Å². The highest BCUT2D eigenvalue weighted by molar-refractivity contribution is 5.93. The number of carboxylic acid groups (broad SMARTS) is 1. The van der Waals surface area contributed by atoms with Crippen molar-refractivity contribution in [1.29, 1.82) is 0 Å². The first kappa shape index (κ1) is 14.8. The monoisotopic (exact) mass is 287 g/mol. The Balaban J connectivity index is 2.03. The van der Waals surface area contributed by atoms with Crippen LogP contribution >= 0.6 is 0 Å². The number of aryl methyl sites for hydroxylation is 1. The molecule has 0 spiro atoms. The normalized spacial score (nSPS) is 10.3. The largest absolute Gasteiger partial charge is 0.481 e. The summed E-state index contributed by atoms with van der Waals surface area (Å²) in [6.07, 6.45) is 2.27. The Kier molecular flexibility index (Phi) is 5.15. The number of carbonyl (C=O) groups is 2. The van der Waals surface area contributed by atoms with Gasteiger partial charge in [0.1, 0.15) is 5.76 Å². The summed E-state index contributed by atoms with van der Waals surface area (Å²) in [5.41, 5.74) is 0.711. The zero-order chi connectivity index (χ0) is 15.1. The van der Waals surface area contributed by atoms with Crippen LogP contribution in [-0.2, 0) is 16.0 Å². The van der Waals surface area contributed by atoms with Crippen LogP contribution in [0.5, 0.6) is 0 Å². The fourth-order valence-electron chi connectivity index (χ4n) is 2.03. The fourth-order valence-corrected chi connectivity index (χ4v) is 2.03. The van der Waals surface area contributed by atoms with Gasteiger partial charge in [0.25, 0.3) is 0 Å². The van der Waals surface area contributed by atoms with Gasteiger partial charge in [-0.15, -0.1) is 0 Å². The minimum absolute atomic E-state index is 0.0820. The number of rotatable bonds is 7. The number of nitrogens with zero attached hydrogens (tertiary/aromatic N) is 1. The van der Waals surface area contributed by atoms with Crippen LogP contribution in [0.25, 0.3) is 0 Å². The van der Waals surface area contributed by atoms with Crippen molar-refractivity contribution in [3.05, 3.63) is 54.5 Å². The smallest absolute Gasteiger partial charge is 0.305 e. The Morgan fingerprint density at radius 3 is 2.43 bits per heavy atom. The molecule has 0 saturated carbocycles. The summed E-state index contributed by atoms with van der Waals surface area (Å²) in [5, 5.41) is 8.82. The molecule has 0 aliphatic rings. The van der Waals surface area contributed by atoms with E-state index in [1.165, 1.54) is 4.90 Å². The Labute approximate surface area is 122 Å². The fraction of sp³-hybridized carbons (Fsp3) is 0.250. The topological polar surface area (TPSA) is 70.8 Å². The standard InChI is InChI=1S/C16H17NO4/c18-15(9-8-14-7-4-12-21-14)17(11-10-16(19)20)13-5-2-1-3-6-13/h1-7,12H,8-11H2,(H,19,20). The molecule has 21 heavy (non-hydrogen) atoms. The first-order valence-electron chi connectivity index (χ1n) is 6.76. The molecule has 0 fully saturated rings. The van der Waals surface area contributed by atoms with E-state index in [0.717, 1.165) is 5.76 Å². The van der Waals surface area contributed by atoms with E-state index >= 15 is 0 Å². The Morgan fingerprint density at radius 1 is 1.05 bits per heavy atom. The van der Waals surface area contributed by atoms with Crippen molar-refractivity contribution >= 4 is 17.6 Å². The van der Waals surface area contributed by atoms with Crippen LogP contribution in [0, 0.1) is 0 Å². The molecule has 1 aromatic carbocycles. The van der Waals surface area contributed by atoms with Crippen molar-refractivity contribution in [1.82, 2.24) is 0 Å². The maximum absolute atomic E-state index is 12.3. The van der Waals surface area contributed by atoms with E-state index in [-0.39, 0.29) is 25.3 Å². The highest BCUT2D eigenvalue weighted by Gasteiger charge is 2.17. The molecule has 0 saturated heterocycles. The van der Waals surface area contributed by atoms with Gasteiger partial charge in [0.15, 0.2) is 0 Å². The van der Waals surface area contributed by atoms with Gasteiger partial charge in [-0.25, -0.2) is 0 Å². The van der Waals surface area contributed by atoms with Crippen molar-refractivity contribution < 1.29 is 19.1 Å². The Bertz CT molecular complexity index is 578. The second kappa shape index (κ2) is 7.28. The van der Waals surface area contributed by atoms with Crippen molar-refractivity contribution in [2.45, 2.75) is 19.3 Å². The van der Waals surface area contributed by atoms with Crippen LogP contribution in [0.4, 0.5) is 5.69 Å². The molecule has 0 radical (unpaired) electrons. The summed E-state index contributed by atoms with van der Waals surface area (Å²) in [6.45, 7) is 0.163. The molecule has 1 heterocycles. The highest BCUT2D eigenvalue weighted by atomic mass is 16.4. The average molecular weight is 287 g/mol. The summed E-state index contributed by atoms with van der Waals surface area (Å²) in [6, 6.07) is 12.7. The molecule has 0 aliphatic heterocycles. The number of hydrogen-bond acceptors (Lipinski definition) is 3. The number of anilines is 1. The van der Waals surface area contributed by atoms with E-state index < -0.39 is 5.97 Å². The van der Waals surface area contributed by atoms with Crippen molar-refractivity contribution in [2.24, 2.45) is 0 Å². The van der Waals surface area contributed by atoms with Gasteiger partial charge in [0.2, 0.25) is 5.91 Å². The van der Waals surface area contributed by atoms with Gasteiger partial charge in [0.05, 0.1) is 12.7 Å². The van der Waals surface area contributed by atoms with Gasteiger partial charge in [0, 0.05) is 25.1 Å². The molecule has 0 bridgehead atoms. The molecule has 0 unspecified atom stereocenters. The number of carboxylic acids is 1. The molecule has 1 amide bonds. The van der Waals surface area contributed by atoms with E-state index in [9.17, 15) is 9.59 Å². The third-order valence-corrected chi connectivity index (χ3v) is 3.08. The molecule has 2 aromatic rings. The summed E-state index contributed by atoms with van der Waals surface area (Å²) >= 11 is 0. The summed E-state index contributed by atoms with van der Waals surface area (Å²) in [7, 11) is 0. The molecule has 0 aliphatic carbocycles. The third kappa shape index (κ3) is 4.49. The number of hydrogen-bond donors (Lipinski definition) is 1. The summed E-state index contributed by atoms with van der Waals surface area (Å²) in [4.78, 5) is 24.6. The second-order valence-corrected chi connectivity index (χ2v) is 4.60. The highest BCUT2D eigenvalue weighted by Crippen LogP contribution is 2.16. The van der Waals surface area contributed by atoms with E-state index in [1.54, 1.807) is 24.5 Å². The predicted octanol–water partition coefficient (Wildman–Crippen LogP) is 2.72. The molecule has 110 valence electrons. The predicted molar refractivity (Wildman–Crippen MR) is 78.1 cm³/mol. The van der Waals surface area contributed by atoms with Gasteiger partial charge >= 0.3 is 5.97 Å². The number of para-hydroxylation sites is 1.